The van der Waals surface area contributed by atoms with Crippen molar-refractivity contribution >= 4 is 33.0 Å². The molecule has 0 fully saturated rings. The van der Waals surface area contributed by atoms with Crippen molar-refractivity contribution in [3.05, 3.63) is 67.3 Å². The highest BCUT2D eigenvalue weighted by Crippen LogP contribution is 2.33. The third-order valence-electron chi connectivity index (χ3n) is 3.57. The van der Waals surface area contributed by atoms with Gasteiger partial charge in [0.2, 0.25) is 0 Å². The molecule has 0 spiro atoms. The van der Waals surface area contributed by atoms with Crippen molar-refractivity contribution in [1.29, 1.82) is 0 Å². The first-order chi connectivity index (χ1) is 12.0. The molecule has 0 amide bonds. The van der Waals surface area contributed by atoms with Gasteiger partial charge in [-0.15, -0.1) is 4.68 Å². The summed E-state index contributed by atoms with van der Waals surface area (Å²) in [7, 11) is 3.02. The van der Waals surface area contributed by atoms with Gasteiger partial charge in [-0.1, -0.05) is 28.1 Å². The number of para-hydroxylation sites is 1. The number of fused-ring (bicyclic) bond motifs is 1. The Kier molecular flexibility index (Phi) is 4.71. The third-order valence-corrected chi connectivity index (χ3v) is 4.03. The minimum absolute atomic E-state index is 0.373. The first kappa shape index (κ1) is 17.0. The Hall–Kier alpha value is -2.87. The van der Waals surface area contributed by atoms with Gasteiger partial charge in [0.15, 0.2) is 11.5 Å². The van der Waals surface area contributed by atoms with E-state index in [2.05, 4.69) is 26.0 Å². The van der Waals surface area contributed by atoms with Gasteiger partial charge in [0.25, 0.3) is 5.56 Å². The fraction of sp³-hybridized carbons (Fsp3) is 0.118. The summed E-state index contributed by atoms with van der Waals surface area (Å²) < 4.78 is 12.1. The molecule has 0 atom stereocenters. The average Bonchev–Trinajstić information content (AvgIpc) is 2.61. The molecule has 2 aromatic carbocycles. The number of nitrogens with zero attached hydrogens (tertiary/aromatic N) is 2. The molecule has 0 radical (unpaired) electrons. The SMILES string of the molecule is COc1cc(Br)cc(C=Nn2c(=O)[nH]c3ccccc3c2=O)c1OC. The molecule has 1 aromatic heterocycles. The molecule has 0 aliphatic heterocycles. The number of benzene rings is 2. The minimum Gasteiger partial charge on any atom is -0.493 e. The lowest BCUT2D eigenvalue weighted by atomic mass is 10.2. The van der Waals surface area contributed by atoms with Gasteiger partial charge in [0.1, 0.15) is 0 Å². The largest absolute Gasteiger partial charge is 0.493 e. The maximum atomic E-state index is 12.5. The molecule has 1 N–H and O–H groups in total. The number of aromatic nitrogens is 2. The van der Waals surface area contributed by atoms with Crippen LogP contribution in [0.3, 0.4) is 0 Å². The first-order valence-corrected chi connectivity index (χ1v) is 8.04. The molecule has 0 aliphatic carbocycles. The molecule has 1 heterocycles. The summed E-state index contributed by atoms with van der Waals surface area (Å²) >= 11 is 3.37. The van der Waals surface area contributed by atoms with Crippen LogP contribution >= 0.6 is 15.9 Å². The van der Waals surface area contributed by atoms with Crippen molar-refractivity contribution in [2.45, 2.75) is 0 Å². The molecule has 0 unspecified atom stereocenters. The van der Waals surface area contributed by atoms with Gasteiger partial charge in [-0.3, -0.25) is 4.79 Å². The fourth-order valence-corrected chi connectivity index (χ4v) is 2.89. The monoisotopic (exact) mass is 403 g/mol. The van der Waals surface area contributed by atoms with Gasteiger partial charge in [-0.05, 0) is 24.3 Å². The van der Waals surface area contributed by atoms with E-state index in [0.717, 1.165) is 9.15 Å². The molecule has 7 nitrogen and oxygen atoms in total. The summed E-state index contributed by atoms with van der Waals surface area (Å²) in [6, 6.07) is 10.2. The van der Waals surface area contributed by atoms with Crippen LogP contribution in [0.2, 0.25) is 0 Å². The molecule has 25 heavy (non-hydrogen) atoms. The van der Waals surface area contributed by atoms with Gasteiger partial charge in [-0.25, -0.2) is 4.79 Å². The number of hydrogen-bond acceptors (Lipinski definition) is 5. The van der Waals surface area contributed by atoms with Gasteiger partial charge < -0.3 is 14.5 Å². The molecule has 0 aliphatic rings. The molecule has 8 heteroatoms. The number of ether oxygens (including phenoxy) is 2. The van der Waals surface area contributed by atoms with Gasteiger partial charge >= 0.3 is 5.69 Å². The number of rotatable bonds is 4. The summed E-state index contributed by atoms with van der Waals surface area (Å²) in [5, 5.41) is 4.40. The summed E-state index contributed by atoms with van der Waals surface area (Å²) in [6.07, 6.45) is 1.37. The van der Waals surface area contributed by atoms with E-state index in [1.54, 1.807) is 36.4 Å². The second-order valence-corrected chi connectivity index (χ2v) is 5.98. The van der Waals surface area contributed by atoms with Crippen LogP contribution in [0, 0.1) is 0 Å². The number of hydrogen-bond donors (Lipinski definition) is 1. The molecular weight excluding hydrogens is 390 g/mol. The molecular formula is C17H14BrN3O4. The number of halogens is 1. The van der Waals surface area contributed by atoms with Crippen molar-refractivity contribution in [3.63, 3.8) is 0 Å². The van der Waals surface area contributed by atoms with E-state index in [-0.39, 0.29) is 0 Å². The predicted molar refractivity (Wildman–Crippen MR) is 99.1 cm³/mol. The lowest BCUT2D eigenvalue weighted by molar-refractivity contribution is 0.354. The highest BCUT2D eigenvalue weighted by atomic mass is 79.9. The van der Waals surface area contributed by atoms with E-state index in [9.17, 15) is 9.59 Å². The molecule has 3 rings (SSSR count). The zero-order valence-electron chi connectivity index (χ0n) is 13.4. The Morgan fingerprint density at radius 3 is 2.64 bits per heavy atom. The molecule has 128 valence electrons. The molecule has 0 bridgehead atoms. The van der Waals surface area contributed by atoms with E-state index in [4.69, 9.17) is 9.47 Å². The van der Waals surface area contributed by atoms with E-state index < -0.39 is 11.2 Å². The smallest absolute Gasteiger partial charge is 0.349 e. The summed E-state index contributed by atoms with van der Waals surface area (Å²) in [5.74, 6) is 0.942. The van der Waals surface area contributed by atoms with E-state index in [0.29, 0.717) is 28.0 Å². The quantitative estimate of drug-likeness (QED) is 0.677. The molecule has 0 saturated carbocycles. The van der Waals surface area contributed by atoms with Crippen molar-refractivity contribution in [1.82, 2.24) is 9.66 Å². The predicted octanol–water partition coefficient (Wildman–Crippen LogP) is 2.35. The number of aromatic amines is 1. The summed E-state index contributed by atoms with van der Waals surface area (Å²) in [6.45, 7) is 0. The summed E-state index contributed by atoms with van der Waals surface area (Å²) in [4.78, 5) is 27.3. The summed E-state index contributed by atoms with van der Waals surface area (Å²) in [5.41, 5.74) is -0.115. The van der Waals surface area contributed by atoms with Gasteiger partial charge in [0, 0.05) is 10.0 Å². The van der Waals surface area contributed by atoms with Crippen molar-refractivity contribution in [3.8, 4) is 11.5 Å². The van der Waals surface area contributed by atoms with Crippen molar-refractivity contribution in [2.24, 2.45) is 5.10 Å². The fourth-order valence-electron chi connectivity index (χ4n) is 2.43. The maximum absolute atomic E-state index is 12.5. The Balaban J connectivity index is 2.15. The standard InChI is InChI=1S/C17H14BrN3O4/c1-24-14-8-11(18)7-10(15(14)25-2)9-19-21-16(22)12-5-3-4-6-13(12)20-17(21)23/h3-9H,1-2H3,(H,20,23). The third kappa shape index (κ3) is 3.20. The highest BCUT2D eigenvalue weighted by molar-refractivity contribution is 9.10. The Labute approximate surface area is 150 Å². The van der Waals surface area contributed by atoms with Gasteiger partial charge in [-0.2, -0.15) is 5.10 Å². The van der Waals surface area contributed by atoms with E-state index in [1.807, 2.05) is 0 Å². The van der Waals surface area contributed by atoms with Gasteiger partial charge in [0.05, 0.1) is 31.3 Å². The number of H-pyrrole nitrogens is 1. The number of nitrogens with one attached hydrogen (secondary N) is 1. The van der Waals surface area contributed by atoms with Crippen LogP contribution in [0.25, 0.3) is 10.9 Å². The van der Waals surface area contributed by atoms with Crippen LogP contribution in [-0.2, 0) is 0 Å². The van der Waals surface area contributed by atoms with E-state index >= 15 is 0 Å². The second kappa shape index (κ2) is 6.94. The lowest BCUT2D eigenvalue weighted by Gasteiger charge is -2.10. The zero-order valence-corrected chi connectivity index (χ0v) is 15.0. The first-order valence-electron chi connectivity index (χ1n) is 7.25. The van der Waals surface area contributed by atoms with E-state index in [1.165, 1.54) is 20.4 Å². The van der Waals surface area contributed by atoms with Crippen LogP contribution in [-0.4, -0.2) is 30.1 Å². The van der Waals surface area contributed by atoms with Crippen LogP contribution in [0.5, 0.6) is 11.5 Å². The highest BCUT2D eigenvalue weighted by Gasteiger charge is 2.11. The average molecular weight is 404 g/mol. The minimum atomic E-state index is -0.624. The second-order valence-electron chi connectivity index (χ2n) is 5.07. The molecule has 0 saturated heterocycles. The van der Waals surface area contributed by atoms with Crippen LogP contribution in [0.4, 0.5) is 0 Å². The Morgan fingerprint density at radius 2 is 1.92 bits per heavy atom. The maximum Gasteiger partial charge on any atom is 0.349 e. The number of methoxy groups -OCH3 is 2. The Bertz CT molecular complexity index is 1090. The van der Waals surface area contributed by atoms with Crippen LogP contribution in [0.1, 0.15) is 5.56 Å². The topological polar surface area (TPSA) is 85.7 Å². The molecule has 3 aromatic rings. The van der Waals surface area contributed by atoms with Crippen LogP contribution in [0.15, 0.2) is 55.6 Å². The lowest BCUT2D eigenvalue weighted by Crippen LogP contribution is -2.32. The van der Waals surface area contributed by atoms with Crippen molar-refractivity contribution in [2.75, 3.05) is 14.2 Å². The zero-order chi connectivity index (χ0) is 18.0. The van der Waals surface area contributed by atoms with Crippen LogP contribution < -0.4 is 20.7 Å². The normalized spacial score (nSPS) is 11.2. The van der Waals surface area contributed by atoms with Crippen molar-refractivity contribution < 1.29 is 9.47 Å². The Morgan fingerprint density at radius 1 is 1.16 bits per heavy atom.